The normalized spacial score (nSPS) is 23.4. The van der Waals surface area contributed by atoms with E-state index in [0.29, 0.717) is 23.8 Å². The number of imide groups is 1. The number of hydrogen-bond acceptors (Lipinski definition) is 6. The van der Waals surface area contributed by atoms with Crippen molar-refractivity contribution >= 4 is 62.4 Å². The maximum atomic E-state index is 13.6. The molecule has 9 heteroatoms. The fourth-order valence-electron chi connectivity index (χ4n) is 4.77. The van der Waals surface area contributed by atoms with Gasteiger partial charge < -0.3 is 15.3 Å². The molecule has 0 aliphatic carbocycles. The van der Waals surface area contributed by atoms with Crippen LogP contribution in [0.25, 0.3) is 15.7 Å². The van der Waals surface area contributed by atoms with Crippen molar-refractivity contribution < 1.29 is 14.7 Å². The molecule has 2 N–H and O–H groups in total. The Morgan fingerprint density at radius 2 is 1.97 bits per heavy atom. The van der Waals surface area contributed by atoms with Gasteiger partial charge in [0, 0.05) is 51.2 Å². The van der Waals surface area contributed by atoms with Crippen LogP contribution in [0.3, 0.4) is 0 Å². The van der Waals surface area contributed by atoms with Crippen molar-refractivity contribution in [1.82, 2.24) is 10.3 Å². The van der Waals surface area contributed by atoms with E-state index in [1.165, 1.54) is 16.7 Å². The number of nitrogens with zero attached hydrogens (tertiary/aromatic N) is 3. The van der Waals surface area contributed by atoms with E-state index in [2.05, 4.69) is 15.2 Å². The van der Waals surface area contributed by atoms with Gasteiger partial charge in [-0.15, -0.1) is 11.8 Å². The fourth-order valence-corrected chi connectivity index (χ4v) is 6.36. The number of aromatic nitrogens is 1. The van der Waals surface area contributed by atoms with E-state index < -0.39 is 22.9 Å². The summed E-state index contributed by atoms with van der Waals surface area (Å²) in [5.41, 5.74) is 1.50. The lowest BCUT2D eigenvalue weighted by molar-refractivity contribution is -0.118. The first-order valence-corrected chi connectivity index (χ1v) is 12.2. The molecule has 3 amide bonds. The molecule has 0 spiro atoms. The molecule has 6 rings (SSSR count). The summed E-state index contributed by atoms with van der Waals surface area (Å²) in [6, 6.07) is 12.4. The standard InChI is InChI=1S/C25H21ClN4O3S/c1-25(33)12-29(13-25)15-7-6-14-10-27-11-20(17(14)8-15)30-23(31)22-19(28-24(30)32)9-21(34-22)16-4-2-3-5-18(16)26/h2-11,19,22,33H,12-13H2,1H3,(H,28,32). The number of anilines is 2. The van der Waals surface area contributed by atoms with Gasteiger partial charge in [0.1, 0.15) is 5.25 Å². The SMILES string of the molecule is CC1(O)CN(c2ccc3cncc(N4C(=O)NC5C=C(c6ccccc6Cl)SC5C4=O)c3c2)C1. The number of thioether (sulfide) groups is 1. The van der Waals surface area contributed by atoms with Crippen molar-refractivity contribution in [1.29, 1.82) is 0 Å². The van der Waals surface area contributed by atoms with Crippen LogP contribution in [0.2, 0.25) is 5.02 Å². The van der Waals surface area contributed by atoms with Gasteiger partial charge in [-0.25, -0.2) is 9.69 Å². The Morgan fingerprint density at radius 1 is 1.18 bits per heavy atom. The van der Waals surface area contributed by atoms with Gasteiger partial charge in [0.15, 0.2) is 0 Å². The predicted octanol–water partition coefficient (Wildman–Crippen LogP) is 4.04. The van der Waals surface area contributed by atoms with Crippen LogP contribution in [0, 0.1) is 0 Å². The van der Waals surface area contributed by atoms with E-state index in [-0.39, 0.29) is 5.91 Å². The third kappa shape index (κ3) is 3.45. The van der Waals surface area contributed by atoms with Crippen LogP contribution in [0.4, 0.5) is 16.2 Å². The molecular formula is C25H21ClN4O3S. The number of carbonyl (C=O) groups excluding carboxylic acids is 2. The van der Waals surface area contributed by atoms with Crippen molar-refractivity contribution in [3.05, 3.63) is 71.5 Å². The molecule has 3 aliphatic heterocycles. The summed E-state index contributed by atoms with van der Waals surface area (Å²) in [7, 11) is 0. The highest BCUT2D eigenvalue weighted by molar-refractivity contribution is 8.09. The highest BCUT2D eigenvalue weighted by atomic mass is 35.5. The zero-order chi connectivity index (χ0) is 23.6. The number of halogens is 1. The quantitative estimate of drug-likeness (QED) is 0.574. The van der Waals surface area contributed by atoms with Gasteiger partial charge in [0.25, 0.3) is 5.91 Å². The summed E-state index contributed by atoms with van der Waals surface area (Å²) in [6.45, 7) is 2.86. The Kier molecular flexibility index (Phi) is 4.88. The van der Waals surface area contributed by atoms with E-state index >= 15 is 0 Å². The summed E-state index contributed by atoms with van der Waals surface area (Å²) in [6.07, 6.45) is 5.17. The number of rotatable bonds is 3. The van der Waals surface area contributed by atoms with Gasteiger partial charge >= 0.3 is 6.03 Å². The molecule has 3 aromatic rings. The lowest BCUT2D eigenvalue weighted by atomic mass is 9.95. The van der Waals surface area contributed by atoms with E-state index in [4.69, 9.17) is 11.6 Å². The summed E-state index contributed by atoms with van der Waals surface area (Å²) in [4.78, 5) is 35.1. The van der Waals surface area contributed by atoms with Gasteiger partial charge in [0.2, 0.25) is 0 Å². The molecule has 3 aliphatic rings. The van der Waals surface area contributed by atoms with Crippen LogP contribution in [-0.4, -0.2) is 52.0 Å². The second-order valence-corrected chi connectivity index (χ2v) is 10.7. The Balaban J connectivity index is 1.34. The number of nitrogens with one attached hydrogen (secondary N) is 1. The lowest BCUT2D eigenvalue weighted by Gasteiger charge is -2.45. The van der Waals surface area contributed by atoms with E-state index in [1.807, 2.05) is 48.5 Å². The summed E-state index contributed by atoms with van der Waals surface area (Å²) >= 11 is 7.78. The Labute approximate surface area is 205 Å². The minimum Gasteiger partial charge on any atom is -0.386 e. The number of urea groups is 1. The topological polar surface area (TPSA) is 85.8 Å². The molecule has 172 valence electrons. The van der Waals surface area contributed by atoms with Crippen LogP contribution in [-0.2, 0) is 4.79 Å². The molecular weight excluding hydrogens is 472 g/mol. The zero-order valence-corrected chi connectivity index (χ0v) is 19.8. The average Bonchev–Trinajstić information content (AvgIpc) is 3.21. The molecule has 2 fully saturated rings. The van der Waals surface area contributed by atoms with Crippen LogP contribution in [0.1, 0.15) is 12.5 Å². The first-order chi connectivity index (χ1) is 16.3. The number of amides is 3. The van der Waals surface area contributed by atoms with Gasteiger partial charge in [0.05, 0.1) is 23.5 Å². The molecule has 2 aromatic carbocycles. The first-order valence-electron chi connectivity index (χ1n) is 10.9. The summed E-state index contributed by atoms with van der Waals surface area (Å²) in [5, 5.41) is 14.8. The van der Waals surface area contributed by atoms with Crippen LogP contribution in [0.15, 0.2) is 60.9 Å². The van der Waals surface area contributed by atoms with Crippen LogP contribution < -0.4 is 15.1 Å². The van der Waals surface area contributed by atoms with Gasteiger partial charge in [-0.3, -0.25) is 9.78 Å². The van der Waals surface area contributed by atoms with Crippen molar-refractivity contribution in [2.24, 2.45) is 0 Å². The number of β-amino-alcohol motifs (C(OH)–C–C–N with tert-alkyl or cyclic N) is 1. The van der Waals surface area contributed by atoms with Crippen LogP contribution >= 0.6 is 23.4 Å². The van der Waals surface area contributed by atoms with Crippen molar-refractivity contribution in [2.75, 3.05) is 22.9 Å². The molecule has 2 saturated heterocycles. The van der Waals surface area contributed by atoms with Gasteiger partial charge in [-0.1, -0.05) is 35.9 Å². The number of pyridine rings is 1. The molecule has 0 saturated carbocycles. The number of benzene rings is 2. The van der Waals surface area contributed by atoms with E-state index in [1.54, 1.807) is 19.3 Å². The molecule has 0 radical (unpaired) electrons. The fraction of sp³-hybridized carbons (Fsp3) is 0.240. The number of hydrogen-bond donors (Lipinski definition) is 2. The predicted molar refractivity (Wildman–Crippen MR) is 135 cm³/mol. The monoisotopic (exact) mass is 492 g/mol. The molecule has 7 nitrogen and oxygen atoms in total. The number of carbonyl (C=O) groups is 2. The molecule has 34 heavy (non-hydrogen) atoms. The molecule has 2 atom stereocenters. The average molecular weight is 493 g/mol. The van der Waals surface area contributed by atoms with Crippen LogP contribution in [0.5, 0.6) is 0 Å². The van der Waals surface area contributed by atoms with Crippen molar-refractivity contribution in [2.45, 2.75) is 23.8 Å². The highest BCUT2D eigenvalue weighted by Crippen LogP contribution is 2.45. The van der Waals surface area contributed by atoms with Gasteiger partial charge in [-0.05, 0) is 31.2 Å². The zero-order valence-electron chi connectivity index (χ0n) is 18.2. The van der Waals surface area contributed by atoms with Crippen molar-refractivity contribution in [3.63, 3.8) is 0 Å². The molecule has 0 bridgehead atoms. The number of aliphatic hydroxyl groups is 1. The minimum absolute atomic E-state index is 0.288. The molecule has 2 unspecified atom stereocenters. The molecule has 4 heterocycles. The lowest BCUT2D eigenvalue weighted by Crippen LogP contribution is -2.60. The molecule has 1 aromatic heterocycles. The Bertz CT molecular complexity index is 1380. The summed E-state index contributed by atoms with van der Waals surface area (Å²) < 4.78 is 0. The third-order valence-corrected chi connectivity index (χ3v) is 8.09. The first kappa shape index (κ1) is 21.5. The van der Waals surface area contributed by atoms with Gasteiger partial charge in [-0.2, -0.15) is 0 Å². The smallest absolute Gasteiger partial charge is 0.329 e. The van der Waals surface area contributed by atoms with Crippen molar-refractivity contribution in [3.8, 4) is 0 Å². The third-order valence-electron chi connectivity index (χ3n) is 6.40. The Morgan fingerprint density at radius 3 is 2.74 bits per heavy atom. The minimum atomic E-state index is -0.709. The largest absolute Gasteiger partial charge is 0.386 e. The summed E-state index contributed by atoms with van der Waals surface area (Å²) in [5.74, 6) is -0.288. The maximum Gasteiger partial charge on any atom is 0.329 e. The Hall–Kier alpha value is -3.07. The van der Waals surface area contributed by atoms with E-state index in [9.17, 15) is 14.7 Å². The number of fused-ring (bicyclic) bond motifs is 2. The highest BCUT2D eigenvalue weighted by Gasteiger charge is 2.46. The van der Waals surface area contributed by atoms with E-state index in [0.717, 1.165) is 26.9 Å². The second kappa shape index (κ2) is 7.73. The second-order valence-electron chi connectivity index (χ2n) is 9.12. The maximum absolute atomic E-state index is 13.6.